The SMILES string of the molecule is O=C(N[C@@H]1C[C@H]2C[C@H]1CN2)c1ncc(Br)s1. The molecule has 0 unspecified atom stereocenters. The summed E-state index contributed by atoms with van der Waals surface area (Å²) in [5.74, 6) is 0.575. The monoisotopic (exact) mass is 301 g/mol. The molecule has 1 aliphatic carbocycles. The minimum atomic E-state index is -0.0340. The van der Waals surface area contributed by atoms with E-state index in [0.29, 0.717) is 23.0 Å². The molecule has 0 aromatic carbocycles. The number of aromatic nitrogens is 1. The second-order valence-corrected chi connectivity index (χ2v) is 6.80. The molecule has 2 fully saturated rings. The first-order chi connectivity index (χ1) is 7.72. The lowest BCUT2D eigenvalue weighted by Crippen LogP contribution is -2.44. The number of nitrogens with one attached hydrogen (secondary N) is 2. The van der Waals surface area contributed by atoms with Gasteiger partial charge in [-0.05, 0) is 34.7 Å². The van der Waals surface area contributed by atoms with E-state index in [-0.39, 0.29) is 5.91 Å². The first-order valence-electron chi connectivity index (χ1n) is 5.38. The fourth-order valence-corrected chi connectivity index (χ4v) is 3.71. The van der Waals surface area contributed by atoms with E-state index in [4.69, 9.17) is 0 Å². The summed E-state index contributed by atoms with van der Waals surface area (Å²) in [6, 6.07) is 0.944. The predicted molar refractivity (Wildman–Crippen MR) is 65.6 cm³/mol. The Hall–Kier alpha value is -0.460. The number of amides is 1. The minimum absolute atomic E-state index is 0.0340. The highest BCUT2D eigenvalue weighted by Gasteiger charge is 2.40. The number of fused-ring (bicyclic) bond motifs is 2. The molecule has 0 spiro atoms. The highest BCUT2D eigenvalue weighted by Crippen LogP contribution is 2.31. The van der Waals surface area contributed by atoms with Gasteiger partial charge in [-0.25, -0.2) is 4.98 Å². The molecule has 86 valence electrons. The zero-order chi connectivity index (χ0) is 11.1. The van der Waals surface area contributed by atoms with Crippen molar-refractivity contribution in [2.45, 2.75) is 24.9 Å². The predicted octanol–water partition coefficient (Wildman–Crippen LogP) is 1.39. The summed E-state index contributed by atoms with van der Waals surface area (Å²) >= 11 is 4.69. The van der Waals surface area contributed by atoms with E-state index >= 15 is 0 Å². The molecule has 3 rings (SSSR count). The maximum atomic E-state index is 11.9. The van der Waals surface area contributed by atoms with Crippen LogP contribution in [-0.2, 0) is 0 Å². The summed E-state index contributed by atoms with van der Waals surface area (Å²) in [5.41, 5.74) is 0. The lowest BCUT2D eigenvalue weighted by molar-refractivity contribution is 0.0924. The van der Waals surface area contributed by atoms with E-state index in [1.807, 2.05) is 0 Å². The van der Waals surface area contributed by atoms with Crippen LogP contribution in [0.4, 0.5) is 0 Å². The maximum Gasteiger partial charge on any atom is 0.280 e. The van der Waals surface area contributed by atoms with E-state index in [2.05, 4.69) is 31.5 Å². The third kappa shape index (κ3) is 1.89. The van der Waals surface area contributed by atoms with E-state index < -0.39 is 0 Å². The second kappa shape index (κ2) is 4.09. The van der Waals surface area contributed by atoms with E-state index in [9.17, 15) is 4.79 Å². The molecule has 2 N–H and O–H groups in total. The summed E-state index contributed by atoms with van der Waals surface area (Å²) in [6.07, 6.45) is 3.93. The van der Waals surface area contributed by atoms with Gasteiger partial charge in [0.15, 0.2) is 5.01 Å². The summed E-state index contributed by atoms with van der Waals surface area (Å²) in [6.45, 7) is 1.04. The van der Waals surface area contributed by atoms with Crippen LogP contribution in [-0.4, -0.2) is 29.5 Å². The average molecular weight is 302 g/mol. The summed E-state index contributed by atoms with van der Waals surface area (Å²) in [7, 11) is 0. The number of carbonyl (C=O) groups is 1. The maximum absolute atomic E-state index is 11.9. The third-order valence-electron chi connectivity index (χ3n) is 3.35. The van der Waals surface area contributed by atoms with Gasteiger partial charge in [-0.15, -0.1) is 11.3 Å². The van der Waals surface area contributed by atoms with Crippen molar-refractivity contribution in [3.8, 4) is 0 Å². The van der Waals surface area contributed by atoms with Gasteiger partial charge in [0.25, 0.3) is 5.91 Å². The Morgan fingerprint density at radius 1 is 1.62 bits per heavy atom. The van der Waals surface area contributed by atoms with Gasteiger partial charge in [-0.1, -0.05) is 0 Å². The number of hydrogen-bond donors (Lipinski definition) is 2. The van der Waals surface area contributed by atoms with Gasteiger partial charge < -0.3 is 10.6 Å². The topological polar surface area (TPSA) is 54.0 Å². The quantitative estimate of drug-likeness (QED) is 0.868. The third-order valence-corrected chi connectivity index (χ3v) is 4.83. The van der Waals surface area contributed by atoms with Crippen LogP contribution in [0.3, 0.4) is 0 Å². The van der Waals surface area contributed by atoms with Gasteiger partial charge in [0.2, 0.25) is 0 Å². The van der Waals surface area contributed by atoms with Crippen LogP contribution in [0.2, 0.25) is 0 Å². The van der Waals surface area contributed by atoms with Crippen molar-refractivity contribution in [1.29, 1.82) is 0 Å². The molecule has 16 heavy (non-hydrogen) atoms. The largest absolute Gasteiger partial charge is 0.347 e. The van der Waals surface area contributed by atoms with Gasteiger partial charge >= 0.3 is 0 Å². The van der Waals surface area contributed by atoms with Gasteiger partial charge in [0, 0.05) is 18.6 Å². The molecule has 4 nitrogen and oxygen atoms in total. The molecule has 2 bridgehead atoms. The summed E-state index contributed by atoms with van der Waals surface area (Å²) in [4.78, 5) is 15.9. The Bertz CT molecular complexity index is 422. The summed E-state index contributed by atoms with van der Waals surface area (Å²) < 4.78 is 0.896. The highest BCUT2D eigenvalue weighted by molar-refractivity contribution is 9.11. The first kappa shape index (κ1) is 10.7. The van der Waals surface area contributed by atoms with E-state index in [1.165, 1.54) is 17.8 Å². The van der Waals surface area contributed by atoms with Gasteiger partial charge in [-0.3, -0.25) is 4.79 Å². The zero-order valence-electron chi connectivity index (χ0n) is 8.57. The number of halogens is 1. The molecule has 1 aliphatic heterocycles. The summed E-state index contributed by atoms with van der Waals surface area (Å²) in [5, 5.41) is 7.06. The first-order valence-corrected chi connectivity index (χ1v) is 6.99. The Morgan fingerprint density at radius 3 is 3.06 bits per heavy atom. The highest BCUT2D eigenvalue weighted by atomic mass is 79.9. The zero-order valence-corrected chi connectivity index (χ0v) is 11.0. The van der Waals surface area contributed by atoms with Crippen molar-refractivity contribution in [1.82, 2.24) is 15.6 Å². The number of thiazole rings is 1. The molecule has 6 heteroatoms. The van der Waals surface area contributed by atoms with Crippen molar-refractivity contribution in [2.75, 3.05) is 6.54 Å². The smallest absolute Gasteiger partial charge is 0.280 e. The fraction of sp³-hybridized carbons (Fsp3) is 0.600. The van der Waals surface area contributed by atoms with Crippen LogP contribution >= 0.6 is 27.3 Å². The molecular formula is C10H12BrN3OS. The Labute approximate surface area is 106 Å². The Morgan fingerprint density at radius 2 is 2.50 bits per heavy atom. The number of rotatable bonds is 2. The molecule has 3 atom stereocenters. The van der Waals surface area contributed by atoms with Crippen molar-refractivity contribution in [3.63, 3.8) is 0 Å². The van der Waals surface area contributed by atoms with Crippen LogP contribution in [0.25, 0.3) is 0 Å². The lowest BCUT2D eigenvalue weighted by Gasteiger charge is -2.22. The average Bonchev–Trinajstić information content (AvgIpc) is 2.92. The van der Waals surface area contributed by atoms with Crippen LogP contribution in [0.1, 0.15) is 22.6 Å². The second-order valence-electron chi connectivity index (χ2n) is 4.39. The molecule has 1 saturated carbocycles. The fourth-order valence-electron chi connectivity index (χ4n) is 2.60. The minimum Gasteiger partial charge on any atom is -0.347 e. The van der Waals surface area contributed by atoms with Gasteiger partial charge in [0.05, 0.1) is 9.98 Å². The van der Waals surface area contributed by atoms with Crippen molar-refractivity contribution in [2.24, 2.45) is 5.92 Å². The van der Waals surface area contributed by atoms with Crippen LogP contribution in [0, 0.1) is 5.92 Å². The normalized spacial score (nSPS) is 31.9. The number of carbonyl (C=O) groups excluding carboxylic acids is 1. The Kier molecular flexibility index (Phi) is 2.73. The van der Waals surface area contributed by atoms with E-state index in [0.717, 1.165) is 16.8 Å². The molecule has 2 heterocycles. The van der Waals surface area contributed by atoms with Gasteiger partial charge in [-0.2, -0.15) is 0 Å². The molecule has 0 radical (unpaired) electrons. The number of piperidine rings is 1. The van der Waals surface area contributed by atoms with Gasteiger partial charge in [0.1, 0.15) is 0 Å². The van der Waals surface area contributed by atoms with Crippen molar-refractivity contribution in [3.05, 3.63) is 15.0 Å². The van der Waals surface area contributed by atoms with Crippen LogP contribution in [0.15, 0.2) is 9.98 Å². The molecule has 1 saturated heterocycles. The molecule has 1 aromatic heterocycles. The molecule has 2 aliphatic rings. The number of hydrogen-bond acceptors (Lipinski definition) is 4. The van der Waals surface area contributed by atoms with Crippen molar-refractivity contribution < 1.29 is 4.79 Å². The number of nitrogens with zero attached hydrogens (tertiary/aromatic N) is 1. The Balaban J connectivity index is 1.65. The van der Waals surface area contributed by atoms with Crippen LogP contribution < -0.4 is 10.6 Å². The standard InChI is InChI=1S/C10H12BrN3OS/c11-8-4-13-10(16-8)9(15)14-7-2-6-1-5(7)3-12-6/h4-7,12H,1-3H2,(H,14,15)/t5-,6+,7+/m0/s1. The van der Waals surface area contributed by atoms with Crippen molar-refractivity contribution >= 4 is 33.2 Å². The lowest BCUT2D eigenvalue weighted by atomic mass is 10.0. The van der Waals surface area contributed by atoms with Crippen LogP contribution in [0.5, 0.6) is 0 Å². The molecular weight excluding hydrogens is 290 g/mol. The van der Waals surface area contributed by atoms with E-state index in [1.54, 1.807) is 6.20 Å². The molecule has 1 aromatic rings. The molecule has 1 amide bonds.